The molecule has 1 aromatic carbocycles. The Morgan fingerprint density at radius 1 is 1.26 bits per heavy atom. The lowest BCUT2D eigenvalue weighted by Crippen LogP contribution is -2.01. The molecule has 2 rings (SSSR count). The number of hydrogen-bond acceptors (Lipinski definition) is 2. The van der Waals surface area contributed by atoms with Gasteiger partial charge in [-0.1, -0.05) is 17.7 Å². The second-order valence-corrected chi connectivity index (χ2v) is 6.53. The summed E-state index contributed by atoms with van der Waals surface area (Å²) in [5, 5.41) is 4.53. The molecule has 1 aromatic heterocycles. The number of hydrogen-bond donors (Lipinski definition) is 0. The van der Waals surface area contributed by atoms with Gasteiger partial charge in [0.25, 0.3) is 0 Å². The van der Waals surface area contributed by atoms with Gasteiger partial charge < -0.3 is 0 Å². The highest BCUT2D eigenvalue weighted by Crippen LogP contribution is 2.30. The van der Waals surface area contributed by atoms with Gasteiger partial charge in [0, 0.05) is 17.2 Å². The molecule has 0 aliphatic carbocycles. The van der Waals surface area contributed by atoms with Crippen molar-refractivity contribution in [2.24, 2.45) is 0 Å². The largest absolute Gasteiger partial charge is 0.268 e. The van der Waals surface area contributed by atoms with Gasteiger partial charge in [-0.15, -0.1) is 11.8 Å². The van der Waals surface area contributed by atoms with E-state index in [1.54, 1.807) is 0 Å². The molecule has 0 saturated heterocycles. The molecule has 1 heterocycles. The van der Waals surface area contributed by atoms with Crippen LogP contribution in [0.4, 0.5) is 0 Å². The maximum Gasteiger partial charge on any atom is 0.0739 e. The Kier molecular flexibility index (Phi) is 4.74. The molecule has 0 radical (unpaired) electrons. The Morgan fingerprint density at radius 2 is 2.00 bits per heavy atom. The average Bonchev–Trinajstić information content (AvgIpc) is 2.65. The summed E-state index contributed by atoms with van der Waals surface area (Å²) in [5.41, 5.74) is 5.00. The number of rotatable bonds is 4. The summed E-state index contributed by atoms with van der Waals surface area (Å²) in [5.74, 6) is 0.944. The molecule has 2 nitrogen and oxygen atoms in total. The van der Waals surface area contributed by atoms with Crippen molar-refractivity contribution in [1.82, 2.24) is 9.78 Å². The normalized spacial score (nSPS) is 11.0. The monoisotopic (exact) mass is 338 g/mol. The minimum absolute atomic E-state index is 0.912. The van der Waals surface area contributed by atoms with Crippen LogP contribution in [0, 0.1) is 20.8 Å². The number of thioether (sulfide) groups is 1. The van der Waals surface area contributed by atoms with Gasteiger partial charge in [0.05, 0.1) is 15.9 Å². The van der Waals surface area contributed by atoms with Crippen LogP contribution in [0.5, 0.6) is 0 Å². The maximum atomic E-state index is 4.53. The predicted octanol–water partition coefficient (Wildman–Crippen LogP) is 4.88. The zero-order valence-corrected chi connectivity index (χ0v) is 14.2. The van der Waals surface area contributed by atoms with Crippen LogP contribution < -0.4 is 0 Å². The van der Waals surface area contributed by atoms with E-state index in [-0.39, 0.29) is 0 Å². The summed E-state index contributed by atoms with van der Waals surface area (Å²) in [6.07, 6.45) is 0. The molecule has 2 aromatic rings. The number of benzene rings is 1. The molecule has 0 fully saturated rings. The predicted molar refractivity (Wildman–Crippen MR) is 85.8 cm³/mol. The molecule has 0 unspecified atom stereocenters. The summed E-state index contributed by atoms with van der Waals surface area (Å²) in [4.78, 5) is 1.35. The zero-order chi connectivity index (χ0) is 14.0. The van der Waals surface area contributed by atoms with E-state index in [0.29, 0.717) is 0 Å². The average molecular weight is 339 g/mol. The fraction of sp³-hybridized carbons (Fsp3) is 0.400. The van der Waals surface area contributed by atoms with Crippen LogP contribution in [0.2, 0.25) is 0 Å². The van der Waals surface area contributed by atoms with Crippen LogP contribution >= 0.6 is 27.7 Å². The van der Waals surface area contributed by atoms with Gasteiger partial charge in [-0.05, 0) is 55.3 Å². The topological polar surface area (TPSA) is 17.8 Å². The van der Waals surface area contributed by atoms with E-state index >= 15 is 0 Å². The van der Waals surface area contributed by atoms with Crippen molar-refractivity contribution < 1.29 is 0 Å². The molecular formula is C15H19BrN2S. The van der Waals surface area contributed by atoms with Crippen LogP contribution in [0.3, 0.4) is 0 Å². The van der Waals surface area contributed by atoms with Crippen molar-refractivity contribution in [1.29, 1.82) is 0 Å². The fourth-order valence-electron chi connectivity index (χ4n) is 2.11. The molecule has 0 spiro atoms. The second-order valence-electron chi connectivity index (χ2n) is 4.72. The number of nitrogens with zero attached hydrogens (tertiary/aromatic N) is 2. The van der Waals surface area contributed by atoms with E-state index in [1.165, 1.54) is 21.7 Å². The highest BCUT2D eigenvalue weighted by atomic mass is 79.9. The first-order valence-electron chi connectivity index (χ1n) is 6.44. The quantitative estimate of drug-likeness (QED) is 0.739. The molecule has 19 heavy (non-hydrogen) atoms. The van der Waals surface area contributed by atoms with E-state index in [9.17, 15) is 0 Å². The first kappa shape index (κ1) is 14.7. The first-order chi connectivity index (χ1) is 9.02. The number of halogens is 1. The molecule has 0 aliphatic rings. The molecule has 0 amide bonds. The van der Waals surface area contributed by atoms with Crippen LogP contribution in [-0.4, -0.2) is 9.78 Å². The van der Waals surface area contributed by atoms with Crippen LogP contribution in [0.15, 0.2) is 27.6 Å². The van der Waals surface area contributed by atoms with Crippen LogP contribution in [0.1, 0.15) is 29.4 Å². The molecule has 0 atom stereocenters. The minimum Gasteiger partial charge on any atom is -0.268 e. The fourth-order valence-corrected chi connectivity index (χ4v) is 3.76. The molecule has 0 bridgehead atoms. The summed E-state index contributed by atoms with van der Waals surface area (Å²) >= 11 is 5.52. The highest BCUT2D eigenvalue weighted by molar-refractivity contribution is 9.10. The summed E-state index contributed by atoms with van der Waals surface area (Å²) in [7, 11) is 0. The Labute approximate surface area is 127 Å². The van der Waals surface area contributed by atoms with Gasteiger partial charge in [0.2, 0.25) is 0 Å². The van der Waals surface area contributed by atoms with Gasteiger partial charge in [-0.3, -0.25) is 4.68 Å². The summed E-state index contributed by atoms with van der Waals surface area (Å²) in [6.45, 7) is 9.39. The minimum atomic E-state index is 0.912. The van der Waals surface area contributed by atoms with E-state index in [4.69, 9.17) is 0 Å². The van der Waals surface area contributed by atoms with Crippen molar-refractivity contribution in [2.45, 2.75) is 44.9 Å². The third kappa shape index (κ3) is 3.23. The third-order valence-corrected chi connectivity index (χ3v) is 5.37. The third-order valence-electron chi connectivity index (χ3n) is 3.15. The van der Waals surface area contributed by atoms with Crippen molar-refractivity contribution in [3.8, 4) is 0 Å². The second kappa shape index (κ2) is 6.14. The lowest BCUT2D eigenvalue weighted by molar-refractivity contribution is 0.631. The molecule has 0 saturated carbocycles. The molecule has 0 aliphatic heterocycles. The van der Waals surface area contributed by atoms with Crippen molar-refractivity contribution in [3.05, 3.63) is 45.2 Å². The molecule has 0 N–H and O–H groups in total. The van der Waals surface area contributed by atoms with Crippen molar-refractivity contribution in [2.75, 3.05) is 0 Å². The lowest BCUT2D eigenvalue weighted by Gasteiger charge is -2.08. The summed E-state index contributed by atoms with van der Waals surface area (Å²) in [6, 6.07) is 6.62. The molecule has 102 valence electrons. The van der Waals surface area contributed by atoms with Gasteiger partial charge >= 0.3 is 0 Å². The van der Waals surface area contributed by atoms with Gasteiger partial charge in [-0.25, -0.2) is 0 Å². The van der Waals surface area contributed by atoms with Crippen molar-refractivity contribution in [3.63, 3.8) is 0 Å². The van der Waals surface area contributed by atoms with E-state index < -0.39 is 0 Å². The summed E-state index contributed by atoms with van der Waals surface area (Å²) < 4.78 is 3.22. The highest BCUT2D eigenvalue weighted by Gasteiger charge is 2.12. The van der Waals surface area contributed by atoms with Gasteiger partial charge in [-0.2, -0.15) is 5.10 Å². The smallest absolute Gasteiger partial charge is 0.0739 e. The van der Waals surface area contributed by atoms with E-state index in [2.05, 4.69) is 64.7 Å². The number of aryl methyl sites for hydroxylation is 4. The zero-order valence-electron chi connectivity index (χ0n) is 11.8. The maximum absolute atomic E-state index is 4.53. The molecular weight excluding hydrogens is 320 g/mol. The Morgan fingerprint density at radius 3 is 2.63 bits per heavy atom. The SMILES string of the molecule is CCn1nc(C)c(Br)c1CSc1ccc(C)cc1C. The van der Waals surface area contributed by atoms with Gasteiger partial charge in [0.15, 0.2) is 0 Å². The van der Waals surface area contributed by atoms with Gasteiger partial charge in [0.1, 0.15) is 0 Å². The first-order valence-corrected chi connectivity index (χ1v) is 8.22. The van der Waals surface area contributed by atoms with Crippen LogP contribution in [-0.2, 0) is 12.3 Å². The van der Waals surface area contributed by atoms with Crippen LogP contribution in [0.25, 0.3) is 0 Å². The standard InChI is InChI=1S/C15H19BrN2S/c1-5-18-13(15(16)12(4)17-18)9-19-14-7-6-10(2)8-11(14)3/h6-8H,5,9H2,1-4H3. The molecule has 4 heteroatoms. The lowest BCUT2D eigenvalue weighted by atomic mass is 10.2. The van der Waals surface area contributed by atoms with Crippen molar-refractivity contribution >= 4 is 27.7 Å². The van der Waals surface area contributed by atoms with E-state index in [1.807, 2.05) is 18.7 Å². The Hall–Kier alpha value is -0.740. The number of aromatic nitrogens is 2. The Balaban J connectivity index is 2.18. The van der Waals surface area contributed by atoms with E-state index in [0.717, 1.165) is 22.5 Å². The Bertz CT molecular complexity index is 590.